The van der Waals surface area contributed by atoms with Gasteiger partial charge in [-0.1, -0.05) is 48.2 Å². The fourth-order valence-electron chi connectivity index (χ4n) is 3.42. The lowest BCUT2D eigenvalue weighted by atomic mass is 10.2. The number of thioether (sulfide) groups is 1. The largest absolute Gasteiger partial charge is 0.326 e. The molecule has 0 saturated heterocycles. The van der Waals surface area contributed by atoms with Gasteiger partial charge in [-0.05, 0) is 37.1 Å². The number of carbonyl (C=O) groups excluding carboxylic acids is 1. The molecule has 0 radical (unpaired) electrons. The Balaban J connectivity index is 1.55. The van der Waals surface area contributed by atoms with Crippen molar-refractivity contribution in [3.63, 3.8) is 0 Å². The molecule has 1 amide bonds. The third kappa shape index (κ3) is 3.82. The minimum absolute atomic E-state index is 0.170. The van der Waals surface area contributed by atoms with Gasteiger partial charge in [0.05, 0.1) is 23.0 Å². The van der Waals surface area contributed by atoms with E-state index in [1.165, 1.54) is 11.8 Å². The van der Waals surface area contributed by atoms with Crippen LogP contribution < -0.4 is 5.32 Å². The molecule has 0 saturated carbocycles. The van der Waals surface area contributed by atoms with Crippen LogP contribution >= 0.6 is 11.8 Å². The summed E-state index contributed by atoms with van der Waals surface area (Å²) >= 11 is 1.37. The number of benzene rings is 1. The van der Waals surface area contributed by atoms with Crippen molar-refractivity contribution in [2.75, 3.05) is 11.1 Å². The van der Waals surface area contributed by atoms with E-state index >= 15 is 0 Å². The van der Waals surface area contributed by atoms with Gasteiger partial charge in [-0.3, -0.25) is 9.20 Å². The standard InChI is InChI=1S/C23H21N5OS/c1-16-17(2)28(14-18-8-4-3-5-9-18)22(20(16)12-24)26-21(29)15-30-23-25-13-19-10-6-7-11-27(19)23/h3-11,13H,14-15H2,1-2H3,(H,26,29). The summed E-state index contributed by atoms with van der Waals surface area (Å²) in [6, 6.07) is 18.1. The van der Waals surface area contributed by atoms with Crippen molar-refractivity contribution >= 4 is 29.0 Å². The highest BCUT2D eigenvalue weighted by Crippen LogP contribution is 2.28. The summed E-state index contributed by atoms with van der Waals surface area (Å²) in [5.74, 6) is 0.582. The molecule has 0 aliphatic heterocycles. The van der Waals surface area contributed by atoms with Gasteiger partial charge in [0.2, 0.25) is 5.91 Å². The molecule has 7 heteroatoms. The van der Waals surface area contributed by atoms with Crippen molar-refractivity contribution in [3.8, 4) is 6.07 Å². The topological polar surface area (TPSA) is 75.1 Å². The van der Waals surface area contributed by atoms with Gasteiger partial charge in [0.25, 0.3) is 0 Å². The van der Waals surface area contributed by atoms with E-state index in [9.17, 15) is 10.1 Å². The molecule has 1 N–H and O–H groups in total. The third-order valence-corrected chi connectivity index (χ3v) is 6.09. The summed E-state index contributed by atoms with van der Waals surface area (Å²) in [5, 5.41) is 13.4. The summed E-state index contributed by atoms with van der Waals surface area (Å²) in [7, 11) is 0. The van der Waals surface area contributed by atoms with Crippen molar-refractivity contribution < 1.29 is 4.79 Å². The summed E-state index contributed by atoms with van der Waals surface area (Å²) < 4.78 is 3.95. The van der Waals surface area contributed by atoms with E-state index < -0.39 is 0 Å². The van der Waals surface area contributed by atoms with Crippen molar-refractivity contribution in [1.82, 2.24) is 14.0 Å². The lowest BCUT2D eigenvalue weighted by Crippen LogP contribution is -2.18. The number of nitrogens with zero attached hydrogens (tertiary/aromatic N) is 4. The fourth-order valence-corrected chi connectivity index (χ4v) is 4.18. The zero-order chi connectivity index (χ0) is 21.1. The van der Waals surface area contributed by atoms with Crippen LogP contribution in [0, 0.1) is 25.2 Å². The molecule has 0 atom stereocenters. The predicted octanol–water partition coefficient (Wildman–Crippen LogP) is 4.40. The molecule has 6 nitrogen and oxygen atoms in total. The van der Waals surface area contributed by atoms with E-state index in [0.717, 1.165) is 27.5 Å². The van der Waals surface area contributed by atoms with Crippen molar-refractivity contribution in [3.05, 3.63) is 83.3 Å². The number of nitriles is 1. The lowest BCUT2D eigenvalue weighted by Gasteiger charge is -2.13. The maximum atomic E-state index is 12.7. The molecule has 0 aliphatic carbocycles. The Hall–Kier alpha value is -3.50. The molecule has 0 aliphatic rings. The molecule has 1 aromatic carbocycles. The van der Waals surface area contributed by atoms with Gasteiger partial charge in [0.1, 0.15) is 11.9 Å². The smallest absolute Gasteiger partial charge is 0.235 e. The number of fused-ring (bicyclic) bond motifs is 1. The number of anilines is 1. The number of aromatic nitrogens is 3. The maximum Gasteiger partial charge on any atom is 0.235 e. The zero-order valence-electron chi connectivity index (χ0n) is 16.8. The SMILES string of the molecule is Cc1c(C#N)c(NC(=O)CSc2ncc3ccccn23)n(Cc2ccccc2)c1C. The van der Waals surface area contributed by atoms with Crippen LogP contribution in [0.4, 0.5) is 5.82 Å². The molecule has 3 aromatic heterocycles. The van der Waals surface area contributed by atoms with Crippen LogP contribution in [0.1, 0.15) is 22.4 Å². The Kier molecular flexibility index (Phi) is 5.59. The number of pyridine rings is 1. The normalized spacial score (nSPS) is 10.8. The van der Waals surface area contributed by atoms with Crippen LogP contribution in [0.15, 0.2) is 66.1 Å². The predicted molar refractivity (Wildman–Crippen MR) is 119 cm³/mol. The number of nitrogens with one attached hydrogen (secondary N) is 1. The van der Waals surface area contributed by atoms with Gasteiger partial charge in [0.15, 0.2) is 5.16 Å². The van der Waals surface area contributed by atoms with E-state index in [0.29, 0.717) is 17.9 Å². The van der Waals surface area contributed by atoms with Crippen LogP contribution in [0.3, 0.4) is 0 Å². The number of rotatable bonds is 6. The summed E-state index contributed by atoms with van der Waals surface area (Å²) in [4.78, 5) is 17.1. The summed E-state index contributed by atoms with van der Waals surface area (Å²) in [5.41, 5.74) is 4.45. The Morgan fingerprint density at radius 1 is 1.17 bits per heavy atom. The van der Waals surface area contributed by atoms with Crippen LogP contribution in [0.2, 0.25) is 0 Å². The van der Waals surface area contributed by atoms with E-state index in [4.69, 9.17) is 0 Å². The average molecular weight is 416 g/mol. The molecule has 0 fully saturated rings. The quantitative estimate of drug-likeness (QED) is 0.474. The van der Waals surface area contributed by atoms with Crippen LogP contribution in [-0.2, 0) is 11.3 Å². The Morgan fingerprint density at radius 2 is 1.93 bits per heavy atom. The Bertz CT molecular complexity index is 1250. The highest BCUT2D eigenvalue weighted by atomic mass is 32.2. The van der Waals surface area contributed by atoms with Gasteiger partial charge < -0.3 is 9.88 Å². The Labute approximate surface area is 179 Å². The number of hydrogen-bond acceptors (Lipinski definition) is 4. The van der Waals surface area contributed by atoms with Gasteiger partial charge in [-0.25, -0.2) is 4.98 Å². The second kappa shape index (κ2) is 8.47. The fraction of sp³-hybridized carbons (Fsp3) is 0.174. The van der Waals surface area contributed by atoms with Gasteiger partial charge >= 0.3 is 0 Å². The van der Waals surface area contributed by atoms with E-state index in [1.807, 2.05) is 77.5 Å². The van der Waals surface area contributed by atoms with E-state index in [1.54, 1.807) is 6.20 Å². The minimum Gasteiger partial charge on any atom is -0.326 e. The summed E-state index contributed by atoms with van der Waals surface area (Å²) in [6.45, 7) is 4.47. The van der Waals surface area contributed by atoms with Crippen molar-refractivity contribution in [2.24, 2.45) is 0 Å². The number of hydrogen-bond donors (Lipinski definition) is 1. The van der Waals surface area contributed by atoms with E-state index in [-0.39, 0.29) is 11.7 Å². The molecule has 30 heavy (non-hydrogen) atoms. The van der Waals surface area contributed by atoms with Gasteiger partial charge in [-0.15, -0.1) is 0 Å². The molecular formula is C23H21N5OS. The molecule has 0 unspecified atom stereocenters. The first-order valence-electron chi connectivity index (χ1n) is 9.57. The maximum absolute atomic E-state index is 12.7. The lowest BCUT2D eigenvalue weighted by molar-refractivity contribution is -0.113. The highest BCUT2D eigenvalue weighted by molar-refractivity contribution is 7.99. The molecule has 4 aromatic rings. The second-order valence-corrected chi connectivity index (χ2v) is 7.93. The monoisotopic (exact) mass is 415 g/mol. The van der Waals surface area contributed by atoms with Crippen molar-refractivity contribution in [1.29, 1.82) is 5.26 Å². The highest BCUT2D eigenvalue weighted by Gasteiger charge is 2.20. The molecular weight excluding hydrogens is 394 g/mol. The molecule has 0 spiro atoms. The number of carbonyl (C=O) groups is 1. The molecule has 150 valence electrons. The molecule has 3 heterocycles. The first kappa shape index (κ1) is 19.8. The van der Waals surface area contributed by atoms with Crippen LogP contribution in [0.25, 0.3) is 5.52 Å². The molecule has 0 bridgehead atoms. The Morgan fingerprint density at radius 3 is 2.70 bits per heavy atom. The van der Waals surface area contributed by atoms with Crippen LogP contribution in [0.5, 0.6) is 0 Å². The first-order chi connectivity index (χ1) is 14.6. The van der Waals surface area contributed by atoms with Crippen LogP contribution in [-0.4, -0.2) is 25.6 Å². The van der Waals surface area contributed by atoms with Gasteiger partial charge in [0, 0.05) is 18.4 Å². The van der Waals surface area contributed by atoms with Gasteiger partial charge in [-0.2, -0.15) is 5.26 Å². The van der Waals surface area contributed by atoms with E-state index in [2.05, 4.69) is 16.4 Å². The first-order valence-corrected chi connectivity index (χ1v) is 10.6. The zero-order valence-corrected chi connectivity index (χ0v) is 17.6. The number of amides is 1. The third-order valence-electron chi connectivity index (χ3n) is 5.12. The average Bonchev–Trinajstić information content (AvgIpc) is 3.27. The summed E-state index contributed by atoms with van der Waals surface area (Å²) in [6.07, 6.45) is 3.71. The van der Waals surface area contributed by atoms with Crippen molar-refractivity contribution in [2.45, 2.75) is 25.5 Å². The molecule has 4 rings (SSSR count). The number of imidazole rings is 1. The second-order valence-electron chi connectivity index (χ2n) is 6.99. The minimum atomic E-state index is -0.170.